The lowest BCUT2D eigenvalue weighted by Crippen LogP contribution is -2.29. The number of fused-ring (bicyclic) bond motifs is 1. The van der Waals surface area contributed by atoms with Crippen molar-refractivity contribution < 1.29 is 4.79 Å². The Morgan fingerprint density at radius 2 is 2.24 bits per heavy atom. The molecule has 4 nitrogen and oxygen atoms in total. The average Bonchev–Trinajstić information content (AvgIpc) is 2.35. The Kier molecular flexibility index (Phi) is 3.56. The normalized spacial score (nSPS) is 10.5. The van der Waals surface area contributed by atoms with Gasteiger partial charge in [-0.05, 0) is 18.2 Å². The minimum atomic E-state index is -0.167. The van der Waals surface area contributed by atoms with Gasteiger partial charge in [0.2, 0.25) is 0 Å². The summed E-state index contributed by atoms with van der Waals surface area (Å²) >= 11 is 5.86. The summed E-state index contributed by atoms with van der Waals surface area (Å²) < 4.78 is 0. The molecule has 2 aromatic rings. The highest BCUT2D eigenvalue weighted by atomic mass is 35.5. The second-order valence-corrected chi connectivity index (χ2v) is 4.04. The summed E-state index contributed by atoms with van der Waals surface area (Å²) in [7, 11) is 0. The molecular formula is C12H12ClN3O. The number of halogens is 1. The molecule has 1 heterocycles. The van der Waals surface area contributed by atoms with Crippen LogP contribution in [-0.2, 0) is 0 Å². The van der Waals surface area contributed by atoms with Crippen LogP contribution in [0.4, 0.5) is 0 Å². The van der Waals surface area contributed by atoms with Gasteiger partial charge in [0.1, 0.15) is 0 Å². The van der Waals surface area contributed by atoms with Crippen LogP contribution in [0.15, 0.2) is 30.5 Å². The molecule has 1 aromatic carbocycles. The number of rotatable bonds is 3. The first-order chi connectivity index (χ1) is 8.20. The Morgan fingerprint density at radius 3 is 3.00 bits per heavy atom. The molecule has 0 aliphatic heterocycles. The van der Waals surface area contributed by atoms with Gasteiger partial charge in [-0.25, -0.2) is 0 Å². The lowest BCUT2D eigenvalue weighted by molar-refractivity contribution is 0.0954. The number of nitrogens with one attached hydrogen (secondary N) is 1. The van der Waals surface area contributed by atoms with Crippen LogP contribution in [0.25, 0.3) is 10.9 Å². The number of amides is 1. The van der Waals surface area contributed by atoms with Gasteiger partial charge in [0.25, 0.3) is 5.91 Å². The number of carbonyl (C=O) groups is 1. The number of hydrogen-bond acceptors (Lipinski definition) is 3. The van der Waals surface area contributed by atoms with Crippen LogP contribution in [0.2, 0.25) is 5.02 Å². The Balaban J connectivity index is 2.31. The Labute approximate surface area is 104 Å². The number of benzene rings is 1. The van der Waals surface area contributed by atoms with Crippen molar-refractivity contribution in [1.29, 1.82) is 0 Å². The van der Waals surface area contributed by atoms with Gasteiger partial charge in [0, 0.05) is 29.7 Å². The SMILES string of the molecule is NCCNC(=O)c1cnc2cc(Cl)ccc2c1. The zero-order chi connectivity index (χ0) is 12.3. The van der Waals surface area contributed by atoms with Crippen molar-refractivity contribution in [3.63, 3.8) is 0 Å². The fraction of sp³-hybridized carbons (Fsp3) is 0.167. The van der Waals surface area contributed by atoms with E-state index in [9.17, 15) is 4.79 Å². The summed E-state index contributed by atoms with van der Waals surface area (Å²) in [6.07, 6.45) is 1.53. The molecule has 2 rings (SSSR count). The van der Waals surface area contributed by atoms with Gasteiger partial charge in [-0.2, -0.15) is 0 Å². The molecule has 0 bridgehead atoms. The minimum absolute atomic E-state index is 0.167. The molecule has 5 heteroatoms. The predicted octanol–water partition coefficient (Wildman–Crippen LogP) is 1.58. The molecule has 0 atom stereocenters. The number of hydrogen-bond donors (Lipinski definition) is 2. The van der Waals surface area contributed by atoms with Gasteiger partial charge < -0.3 is 11.1 Å². The van der Waals surface area contributed by atoms with Gasteiger partial charge in [0.05, 0.1) is 11.1 Å². The maximum atomic E-state index is 11.7. The average molecular weight is 250 g/mol. The molecule has 3 N–H and O–H groups in total. The topological polar surface area (TPSA) is 68.0 Å². The molecule has 0 radical (unpaired) electrons. The fourth-order valence-corrected chi connectivity index (χ4v) is 1.67. The zero-order valence-electron chi connectivity index (χ0n) is 9.11. The van der Waals surface area contributed by atoms with Crippen LogP contribution >= 0.6 is 11.6 Å². The third-order valence-electron chi connectivity index (χ3n) is 2.34. The highest BCUT2D eigenvalue weighted by molar-refractivity contribution is 6.31. The van der Waals surface area contributed by atoms with Crippen molar-refractivity contribution in [2.45, 2.75) is 0 Å². The molecule has 0 aliphatic rings. The van der Waals surface area contributed by atoms with Crippen LogP contribution in [0.3, 0.4) is 0 Å². The summed E-state index contributed by atoms with van der Waals surface area (Å²) in [6.45, 7) is 0.875. The first-order valence-corrected chi connectivity index (χ1v) is 5.62. The van der Waals surface area contributed by atoms with Crippen LogP contribution in [0, 0.1) is 0 Å². The van der Waals surface area contributed by atoms with E-state index in [-0.39, 0.29) is 5.91 Å². The monoisotopic (exact) mass is 249 g/mol. The fourth-order valence-electron chi connectivity index (χ4n) is 1.51. The Morgan fingerprint density at radius 1 is 1.41 bits per heavy atom. The predicted molar refractivity (Wildman–Crippen MR) is 68.1 cm³/mol. The van der Waals surface area contributed by atoms with Crippen LogP contribution < -0.4 is 11.1 Å². The van der Waals surface area contributed by atoms with E-state index in [0.29, 0.717) is 23.7 Å². The number of nitrogens with zero attached hydrogens (tertiary/aromatic N) is 1. The number of aromatic nitrogens is 1. The zero-order valence-corrected chi connectivity index (χ0v) is 9.87. The van der Waals surface area contributed by atoms with E-state index >= 15 is 0 Å². The second kappa shape index (κ2) is 5.12. The van der Waals surface area contributed by atoms with Gasteiger partial charge in [-0.15, -0.1) is 0 Å². The second-order valence-electron chi connectivity index (χ2n) is 3.61. The molecule has 1 amide bonds. The van der Waals surface area contributed by atoms with Gasteiger partial charge >= 0.3 is 0 Å². The number of nitrogens with two attached hydrogens (primary N) is 1. The third-order valence-corrected chi connectivity index (χ3v) is 2.57. The van der Waals surface area contributed by atoms with Crippen molar-refractivity contribution in [1.82, 2.24) is 10.3 Å². The molecule has 0 saturated carbocycles. The lowest BCUT2D eigenvalue weighted by atomic mass is 10.1. The highest BCUT2D eigenvalue weighted by Crippen LogP contribution is 2.18. The maximum absolute atomic E-state index is 11.7. The lowest BCUT2D eigenvalue weighted by Gasteiger charge is -2.04. The largest absolute Gasteiger partial charge is 0.351 e. The van der Waals surface area contributed by atoms with Crippen LogP contribution in [0.1, 0.15) is 10.4 Å². The summed E-state index contributed by atoms with van der Waals surface area (Å²) in [5, 5.41) is 4.21. The van der Waals surface area contributed by atoms with E-state index in [1.54, 1.807) is 18.2 Å². The first-order valence-electron chi connectivity index (χ1n) is 5.24. The van der Waals surface area contributed by atoms with E-state index in [0.717, 1.165) is 10.9 Å². The number of carbonyl (C=O) groups excluding carboxylic acids is 1. The smallest absolute Gasteiger partial charge is 0.252 e. The molecule has 88 valence electrons. The summed E-state index contributed by atoms with van der Waals surface area (Å²) in [6, 6.07) is 7.15. The number of pyridine rings is 1. The van der Waals surface area contributed by atoms with Crippen LogP contribution in [-0.4, -0.2) is 24.0 Å². The summed E-state index contributed by atoms with van der Waals surface area (Å²) in [4.78, 5) is 15.9. The van der Waals surface area contributed by atoms with E-state index < -0.39 is 0 Å². The van der Waals surface area contributed by atoms with Gasteiger partial charge in [-0.1, -0.05) is 17.7 Å². The van der Waals surface area contributed by atoms with E-state index in [2.05, 4.69) is 10.3 Å². The van der Waals surface area contributed by atoms with Crippen molar-refractivity contribution in [3.8, 4) is 0 Å². The maximum Gasteiger partial charge on any atom is 0.252 e. The molecule has 17 heavy (non-hydrogen) atoms. The van der Waals surface area contributed by atoms with Gasteiger partial charge in [0.15, 0.2) is 0 Å². The van der Waals surface area contributed by atoms with Gasteiger partial charge in [-0.3, -0.25) is 9.78 Å². The van der Waals surface area contributed by atoms with Crippen molar-refractivity contribution >= 4 is 28.4 Å². The molecule has 0 spiro atoms. The molecule has 0 saturated heterocycles. The van der Waals surface area contributed by atoms with Crippen molar-refractivity contribution in [2.24, 2.45) is 5.73 Å². The summed E-state index contributed by atoms with van der Waals surface area (Å²) in [5.74, 6) is -0.167. The van der Waals surface area contributed by atoms with E-state index in [1.807, 2.05) is 6.07 Å². The Hall–Kier alpha value is -1.65. The quantitative estimate of drug-likeness (QED) is 0.868. The van der Waals surface area contributed by atoms with E-state index in [4.69, 9.17) is 17.3 Å². The minimum Gasteiger partial charge on any atom is -0.351 e. The summed E-state index contributed by atoms with van der Waals surface area (Å²) in [5.41, 5.74) is 6.61. The molecule has 1 aromatic heterocycles. The first kappa shape index (κ1) is 11.8. The molecular weight excluding hydrogens is 238 g/mol. The van der Waals surface area contributed by atoms with Crippen LogP contribution in [0.5, 0.6) is 0 Å². The molecule has 0 fully saturated rings. The Bertz CT molecular complexity index is 556. The highest BCUT2D eigenvalue weighted by Gasteiger charge is 2.06. The van der Waals surface area contributed by atoms with E-state index in [1.165, 1.54) is 6.20 Å². The standard InChI is InChI=1S/C12H12ClN3O/c13-10-2-1-8-5-9(7-16-11(8)6-10)12(17)15-4-3-14/h1-2,5-7H,3-4,14H2,(H,15,17). The van der Waals surface area contributed by atoms with Crippen molar-refractivity contribution in [3.05, 3.63) is 41.0 Å². The van der Waals surface area contributed by atoms with Crippen molar-refractivity contribution in [2.75, 3.05) is 13.1 Å². The third kappa shape index (κ3) is 2.72. The molecule has 0 aliphatic carbocycles. The molecule has 0 unspecified atom stereocenters.